The number of carbonyl (C=O) groups is 2. The third-order valence-corrected chi connectivity index (χ3v) is 5.35. The summed E-state index contributed by atoms with van der Waals surface area (Å²) < 4.78 is 45.3. The molecule has 1 N–H and O–H groups in total. The maximum atomic E-state index is 13.3. The molecule has 1 amide bonds. The topological polar surface area (TPSA) is 60.3 Å². The molecule has 5 nitrogen and oxygen atoms in total. The van der Waals surface area contributed by atoms with Crippen LogP contribution in [0.2, 0.25) is 5.02 Å². The monoisotopic (exact) mass is 466 g/mol. The van der Waals surface area contributed by atoms with Crippen LogP contribution in [0, 0.1) is 6.92 Å². The first kappa shape index (κ1) is 23.7. The molecule has 0 unspecified atom stereocenters. The summed E-state index contributed by atoms with van der Waals surface area (Å²) in [7, 11) is 1.45. The van der Waals surface area contributed by atoms with Crippen molar-refractivity contribution in [1.82, 2.24) is 9.88 Å². The molecule has 0 saturated carbocycles. The Hall–Kier alpha value is -3.00. The number of nitrogens with one attached hydrogen (secondary N) is 1. The van der Waals surface area contributed by atoms with Crippen LogP contribution in [0.25, 0.3) is 10.9 Å². The number of ether oxygens (including phenoxy) is 1. The third kappa shape index (κ3) is 4.60. The van der Waals surface area contributed by atoms with E-state index in [1.54, 1.807) is 19.1 Å². The van der Waals surface area contributed by atoms with Crippen molar-refractivity contribution in [1.29, 1.82) is 0 Å². The molecule has 0 fully saturated rings. The van der Waals surface area contributed by atoms with E-state index in [0.717, 1.165) is 24.3 Å². The first-order valence-corrected chi connectivity index (χ1v) is 10.2. The predicted octanol–water partition coefficient (Wildman–Crippen LogP) is 5.39. The van der Waals surface area contributed by atoms with Gasteiger partial charge in [-0.15, -0.1) is 0 Å². The van der Waals surface area contributed by atoms with Gasteiger partial charge >= 0.3 is 6.18 Å². The second-order valence-corrected chi connectivity index (χ2v) is 8.09. The molecule has 32 heavy (non-hydrogen) atoms. The third-order valence-electron chi connectivity index (χ3n) is 5.06. The van der Waals surface area contributed by atoms with Crippen molar-refractivity contribution in [2.75, 3.05) is 7.11 Å². The maximum Gasteiger partial charge on any atom is 0.416 e. The molecule has 0 spiro atoms. The Balaban J connectivity index is 2.15. The van der Waals surface area contributed by atoms with E-state index in [1.807, 2.05) is 13.8 Å². The van der Waals surface area contributed by atoms with E-state index >= 15 is 0 Å². The van der Waals surface area contributed by atoms with Crippen LogP contribution in [-0.2, 0) is 17.4 Å². The Kier molecular flexibility index (Phi) is 6.55. The molecule has 1 aromatic heterocycles. The maximum absolute atomic E-state index is 13.3. The molecule has 9 heteroatoms. The van der Waals surface area contributed by atoms with Crippen molar-refractivity contribution in [3.63, 3.8) is 0 Å². The minimum atomic E-state index is -4.50. The number of amides is 1. The number of aromatic nitrogens is 1. The van der Waals surface area contributed by atoms with Gasteiger partial charge in [0.25, 0.3) is 5.91 Å². The van der Waals surface area contributed by atoms with E-state index in [-0.39, 0.29) is 29.0 Å². The Morgan fingerprint density at radius 1 is 1.16 bits per heavy atom. The second kappa shape index (κ2) is 8.86. The fourth-order valence-electron chi connectivity index (χ4n) is 3.59. The van der Waals surface area contributed by atoms with Crippen LogP contribution in [0.3, 0.4) is 0 Å². The number of hydrogen-bond acceptors (Lipinski definition) is 3. The molecule has 1 heterocycles. The summed E-state index contributed by atoms with van der Waals surface area (Å²) in [5, 5.41) is 3.68. The molecule has 0 aliphatic rings. The van der Waals surface area contributed by atoms with E-state index in [2.05, 4.69) is 5.32 Å². The predicted molar refractivity (Wildman–Crippen MR) is 116 cm³/mol. The number of methoxy groups -OCH3 is 1. The van der Waals surface area contributed by atoms with Crippen LogP contribution >= 0.6 is 11.6 Å². The molecule has 3 aromatic rings. The lowest BCUT2D eigenvalue weighted by Crippen LogP contribution is -2.31. The normalized spacial score (nSPS) is 11.8. The van der Waals surface area contributed by atoms with Crippen LogP contribution < -0.4 is 10.1 Å². The largest absolute Gasteiger partial charge is 0.495 e. The molecule has 0 saturated heterocycles. The summed E-state index contributed by atoms with van der Waals surface area (Å²) in [5.41, 5.74) is 0.761. The van der Waals surface area contributed by atoms with Crippen molar-refractivity contribution in [2.45, 2.75) is 39.4 Å². The van der Waals surface area contributed by atoms with Gasteiger partial charge in [-0.25, -0.2) is 0 Å². The Morgan fingerprint density at radius 2 is 1.78 bits per heavy atom. The van der Waals surface area contributed by atoms with Crippen LogP contribution in [0.1, 0.15) is 41.0 Å². The molecule has 0 bridgehead atoms. The van der Waals surface area contributed by atoms with E-state index < -0.39 is 17.6 Å². The Morgan fingerprint density at radius 3 is 2.31 bits per heavy atom. The molecule has 3 rings (SSSR count). The average Bonchev–Trinajstić information content (AvgIpc) is 2.96. The van der Waals surface area contributed by atoms with Crippen molar-refractivity contribution in [3.05, 3.63) is 63.8 Å². The average molecular weight is 467 g/mol. The van der Waals surface area contributed by atoms with Gasteiger partial charge in [0.05, 0.1) is 29.6 Å². The van der Waals surface area contributed by atoms with E-state index in [0.29, 0.717) is 27.9 Å². The smallest absolute Gasteiger partial charge is 0.416 e. The first-order valence-electron chi connectivity index (χ1n) is 9.82. The van der Waals surface area contributed by atoms with Crippen LogP contribution in [0.5, 0.6) is 5.75 Å². The fourth-order valence-corrected chi connectivity index (χ4v) is 3.82. The number of alkyl halides is 3. The minimum absolute atomic E-state index is 0.0125. The summed E-state index contributed by atoms with van der Waals surface area (Å²) in [6.45, 7) is 5.36. The SMILES string of the molecule is COc1cc2c(CC(=O)NC(C)C)c(C)n(C(=O)c3ccc(C(F)(F)F)cc3)c2cc1Cl. The first-order chi connectivity index (χ1) is 14.9. The highest BCUT2D eigenvalue weighted by molar-refractivity contribution is 6.33. The van der Waals surface area contributed by atoms with Crippen LogP contribution in [0.4, 0.5) is 13.2 Å². The Labute approximate surface area is 188 Å². The fraction of sp³-hybridized carbons (Fsp3) is 0.304. The quantitative estimate of drug-likeness (QED) is 0.548. The summed E-state index contributed by atoms with van der Waals surface area (Å²) in [6.07, 6.45) is -4.49. The summed E-state index contributed by atoms with van der Waals surface area (Å²) in [6, 6.07) is 7.13. The molecular weight excluding hydrogens is 445 g/mol. The zero-order chi connectivity index (χ0) is 23.8. The molecule has 0 atom stereocenters. The van der Waals surface area contributed by atoms with Gasteiger partial charge in [0, 0.05) is 22.7 Å². The number of benzene rings is 2. The molecular formula is C23H22ClF3N2O3. The van der Waals surface area contributed by atoms with Gasteiger partial charge in [-0.2, -0.15) is 13.2 Å². The number of halogens is 4. The van der Waals surface area contributed by atoms with Crippen molar-refractivity contribution >= 4 is 34.3 Å². The summed E-state index contributed by atoms with van der Waals surface area (Å²) in [4.78, 5) is 25.7. The minimum Gasteiger partial charge on any atom is -0.495 e. The highest BCUT2D eigenvalue weighted by Gasteiger charge is 2.30. The van der Waals surface area contributed by atoms with Gasteiger partial charge in [0.1, 0.15) is 5.75 Å². The molecule has 0 aliphatic heterocycles. The Bertz CT molecular complexity index is 1180. The number of fused-ring (bicyclic) bond motifs is 1. The summed E-state index contributed by atoms with van der Waals surface area (Å²) >= 11 is 6.28. The molecule has 2 aromatic carbocycles. The zero-order valence-electron chi connectivity index (χ0n) is 17.9. The standard InChI is InChI=1S/C23H22ClF3N2O3/c1-12(2)28-21(30)10-16-13(3)29(19-11-18(24)20(32-4)9-17(16)19)22(31)14-5-7-15(8-6-14)23(25,26)27/h5-9,11-12H,10H2,1-4H3,(H,28,30). The van der Waals surface area contributed by atoms with Crippen LogP contribution in [0.15, 0.2) is 36.4 Å². The van der Waals surface area contributed by atoms with Gasteiger partial charge < -0.3 is 10.1 Å². The van der Waals surface area contributed by atoms with Crippen LogP contribution in [-0.4, -0.2) is 29.5 Å². The molecule has 0 radical (unpaired) electrons. The van der Waals surface area contributed by atoms with Crippen molar-refractivity contribution < 1.29 is 27.5 Å². The lowest BCUT2D eigenvalue weighted by atomic mass is 10.1. The van der Waals surface area contributed by atoms with E-state index in [1.165, 1.54) is 11.7 Å². The van der Waals surface area contributed by atoms with Gasteiger partial charge in [0.2, 0.25) is 5.91 Å². The highest BCUT2D eigenvalue weighted by atomic mass is 35.5. The van der Waals surface area contributed by atoms with Gasteiger partial charge in [0.15, 0.2) is 0 Å². The van der Waals surface area contributed by atoms with Gasteiger partial charge in [-0.05, 0) is 62.7 Å². The zero-order valence-corrected chi connectivity index (χ0v) is 18.7. The number of nitrogens with zero attached hydrogens (tertiary/aromatic N) is 1. The van der Waals surface area contributed by atoms with Crippen molar-refractivity contribution in [3.8, 4) is 5.75 Å². The van der Waals surface area contributed by atoms with E-state index in [9.17, 15) is 22.8 Å². The lowest BCUT2D eigenvalue weighted by Gasteiger charge is -2.11. The number of carbonyl (C=O) groups excluding carboxylic acids is 2. The highest BCUT2D eigenvalue weighted by Crippen LogP contribution is 2.36. The van der Waals surface area contributed by atoms with E-state index in [4.69, 9.17) is 16.3 Å². The van der Waals surface area contributed by atoms with Gasteiger partial charge in [-0.3, -0.25) is 14.2 Å². The number of rotatable bonds is 5. The molecule has 170 valence electrons. The van der Waals surface area contributed by atoms with Crippen molar-refractivity contribution in [2.24, 2.45) is 0 Å². The number of hydrogen-bond donors (Lipinski definition) is 1. The molecule has 0 aliphatic carbocycles. The lowest BCUT2D eigenvalue weighted by molar-refractivity contribution is -0.137. The van der Waals surface area contributed by atoms with Gasteiger partial charge in [-0.1, -0.05) is 11.6 Å². The summed E-state index contributed by atoms with van der Waals surface area (Å²) in [5.74, 6) is -0.375. The second-order valence-electron chi connectivity index (χ2n) is 7.68.